The maximum Gasteiger partial charge on any atom is 0.238 e. The van der Waals surface area contributed by atoms with Crippen molar-refractivity contribution >= 4 is 29.9 Å². The Hall–Kier alpha value is -1.59. The van der Waals surface area contributed by atoms with Crippen molar-refractivity contribution in [2.75, 3.05) is 18.9 Å². The van der Waals surface area contributed by atoms with Crippen LogP contribution >= 0.6 is 12.4 Å². The van der Waals surface area contributed by atoms with Crippen LogP contribution in [0.1, 0.15) is 25.3 Å². The molecular formula is C15H22ClN3O2. The standard InChI is InChI=1S/C15H21N3O2.ClH/c1-11(19)18(14-7-8-14)10-12-3-5-13(6-4-12)17-15(20)9-16-2;/h3-6,14,16H,7-10H2,1-2H3,(H,17,20);1H. The number of hydrogen-bond donors (Lipinski definition) is 2. The number of benzene rings is 1. The Labute approximate surface area is 131 Å². The van der Waals surface area contributed by atoms with E-state index in [1.54, 1.807) is 14.0 Å². The number of carbonyl (C=O) groups excluding carboxylic acids is 2. The maximum atomic E-state index is 11.6. The molecule has 21 heavy (non-hydrogen) atoms. The fourth-order valence-electron chi connectivity index (χ4n) is 2.14. The van der Waals surface area contributed by atoms with E-state index in [0.717, 1.165) is 24.1 Å². The highest BCUT2D eigenvalue weighted by atomic mass is 35.5. The summed E-state index contributed by atoms with van der Waals surface area (Å²) >= 11 is 0. The fraction of sp³-hybridized carbons (Fsp3) is 0.467. The van der Waals surface area contributed by atoms with Crippen LogP contribution in [-0.4, -0.2) is 36.3 Å². The zero-order valence-electron chi connectivity index (χ0n) is 12.4. The molecule has 1 saturated carbocycles. The molecule has 0 aromatic heterocycles. The van der Waals surface area contributed by atoms with Gasteiger partial charge >= 0.3 is 0 Å². The number of carbonyl (C=O) groups is 2. The van der Waals surface area contributed by atoms with E-state index in [4.69, 9.17) is 0 Å². The molecule has 0 radical (unpaired) electrons. The molecule has 2 rings (SSSR count). The first-order valence-electron chi connectivity index (χ1n) is 6.90. The third kappa shape index (κ3) is 5.36. The molecule has 2 N–H and O–H groups in total. The summed E-state index contributed by atoms with van der Waals surface area (Å²) in [4.78, 5) is 24.9. The summed E-state index contributed by atoms with van der Waals surface area (Å²) in [6.45, 7) is 2.55. The van der Waals surface area contributed by atoms with E-state index in [0.29, 0.717) is 19.1 Å². The summed E-state index contributed by atoms with van der Waals surface area (Å²) in [7, 11) is 1.73. The quantitative estimate of drug-likeness (QED) is 0.842. The lowest BCUT2D eigenvalue weighted by Gasteiger charge is -2.20. The largest absolute Gasteiger partial charge is 0.336 e. The van der Waals surface area contributed by atoms with Gasteiger partial charge in [0.15, 0.2) is 0 Å². The number of rotatable bonds is 6. The number of hydrogen-bond acceptors (Lipinski definition) is 3. The number of halogens is 1. The molecule has 0 atom stereocenters. The molecule has 6 heteroatoms. The number of nitrogens with one attached hydrogen (secondary N) is 2. The molecular weight excluding hydrogens is 290 g/mol. The van der Waals surface area contributed by atoms with E-state index in [2.05, 4.69) is 10.6 Å². The van der Waals surface area contributed by atoms with Crippen molar-refractivity contribution in [3.8, 4) is 0 Å². The lowest BCUT2D eigenvalue weighted by atomic mass is 10.2. The van der Waals surface area contributed by atoms with Gasteiger partial charge in [-0.1, -0.05) is 12.1 Å². The first-order valence-corrected chi connectivity index (χ1v) is 6.90. The molecule has 1 fully saturated rings. The lowest BCUT2D eigenvalue weighted by molar-refractivity contribution is -0.130. The van der Waals surface area contributed by atoms with Crippen molar-refractivity contribution in [3.63, 3.8) is 0 Å². The summed E-state index contributed by atoms with van der Waals surface area (Å²) < 4.78 is 0. The van der Waals surface area contributed by atoms with Crippen molar-refractivity contribution < 1.29 is 9.59 Å². The molecule has 0 aliphatic heterocycles. The first-order chi connectivity index (χ1) is 9.60. The van der Waals surface area contributed by atoms with Crippen LogP contribution in [0.5, 0.6) is 0 Å². The zero-order valence-corrected chi connectivity index (χ0v) is 13.2. The van der Waals surface area contributed by atoms with Gasteiger partial charge in [0.05, 0.1) is 6.54 Å². The monoisotopic (exact) mass is 311 g/mol. The third-order valence-electron chi connectivity index (χ3n) is 3.32. The van der Waals surface area contributed by atoms with Crippen molar-refractivity contribution in [3.05, 3.63) is 29.8 Å². The summed E-state index contributed by atoms with van der Waals surface area (Å²) in [5, 5.41) is 5.60. The van der Waals surface area contributed by atoms with Crippen LogP contribution in [0.15, 0.2) is 24.3 Å². The Morgan fingerprint density at radius 3 is 2.33 bits per heavy atom. The van der Waals surface area contributed by atoms with E-state index in [9.17, 15) is 9.59 Å². The number of likely N-dealkylation sites (N-methyl/N-ethyl adjacent to an activating group) is 1. The minimum Gasteiger partial charge on any atom is -0.336 e. The van der Waals surface area contributed by atoms with Crippen molar-refractivity contribution in [2.24, 2.45) is 0 Å². The molecule has 0 bridgehead atoms. The highest BCUT2D eigenvalue weighted by molar-refractivity contribution is 5.92. The van der Waals surface area contributed by atoms with E-state index < -0.39 is 0 Å². The molecule has 1 aliphatic rings. The van der Waals surface area contributed by atoms with E-state index in [1.807, 2.05) is 29.2 Å². The Balaban J connectivity index is 0.00000220. The molecule has 1 aliphatic carbocycles. The minimum atomic E-state index is -0.0661. The van der Waals surface area contributed by atoms with Crippen molar-refractivity contribution in [1.29, 1.82) is 0 Å². The summed E-state index contributed by atoms with van der Waals surface area (Å²) in [6.07, 6.45) is 2.22. The van der Waals surface area contributed by atoms with Gasteiger partial charge in [-0.25, -0.2) is 0 Å². The highest BCUT2D eigenvalue weighted by Gasteiger charge is 2.30. The van der Waals surface area contributed by atoms with Gasteiger partial charge in [-0.2, -0.15) is 0 Å². The molecule has 2 amide bonds. The highest BCUT2D eigenvalue weighted by Crippen LogP contribution is 2.28. The van der Waals surface area contributed by atoms with E-state index >= 15 is 0 Å². The van der Waals surface area contributed by atoms with E-state index in [-0.39, 0.29) is 24.2 Å². The lowest BCUT2D eigenvalue weighted by Crippen LogP contribution is -2.30. The molecule has 1 aromatic carbocycles. The Kier molecular flexibility index (Phi) is 6.65. The van der Waals surface area contributed by atoms with Crippen LogP contribution in [0, 0.1) is 0 Å². The summed E-state index contributed by atoms with van der Waals surface area (Å²) in [5.41, 5.74) is 1.86. The number of amides is 2. The average Bonchev–Trinajstić information content (AvgIpc) is 3.22. The van der Waals surface area contributed by atoms with Gasteiger partial charge in [0.2, 0.25) is 11.8 Å². The predicted octanol–water partition coefficient (Wildman–Crippen LogP) is 1.78. The molecule has 0 unspecified atom stereocenters. The van der Waals surface area contributed by atoms with Crippen molar-refractivity contribution in [2.45, 2.75) is 32.4 Å². The SMILES string of the molecule is CNCC(=O)Nc1ccc(CN(C(C)=O)C2CC2)cc1.Cl. The smallest absolute Gasteiger partial charge is 0.238 e. The average molecular weight is 312 g/mol. The van der Waals surface area contributed by atoms with Gasteiger partial charge in [-0.3, -0.25) is 9.59 Å². The van der Waals surface area contributed by atoms with Gasteiger partial charge < -0.3 is 15.5 Å². The van der Waals surface area contributed by atoms with Crippen LogP contribution in [0.25, 0.3) is 0 Å². The molecule has 1 aromatic rings. The normalized spacial score (nSPS) is 13.2. The second-order valence-electron chi connectivity index (χ2n) is 5.15. The van der Waals surface area contributed by atoms with Crippen LogP contribution in [0.2, 0.25) is 0 Å². The third-order valence-corrected chi connectivity index (χ3v) is 3.32. The zero-order chi connectivity index (χ0) is 14.5. The topological polar surface area (TPSA) is 61.4 Å². The fourth-order valence-corrected chi connectivity index (χ4v) is 2.14. The summed E-state index contributed by atoms with van der Waals surface area (Å²) in [5.74, 6) is 0.0579. The Morgan fingerprint density at radius 1 is 1.24 bits per heavy atom. The molecule has 5 nitrogen and oxygen atoms in total. The Bertz CT molecular complexity index is 486. The van der Waals surface area contributed by atoms with Gasteiger partial charge in [-0.15, -0.1) is 12.4 Å². The second-order valence-corrected chi connectivity index (χ2v) is 5.15. The molecule has 116 valence electrons. The van der Waals surface area contributed by atoms with E-state index in [1.165, 1.54) is 0 Å². The van der Waals surface area contributed by atoms with Crippen LogP contribution in [0.4, 0.5) is 5.69 Å². The van der Waals surface area contributed by atoms with Crippen LogP contribution in [0.3, 0.4) is 0 Å². The first kappa shape index (κ1) is 17.5. The van der Waals surface area contributed by atoms with Gasteiger partial charge in [0, 0.05) is 25.2 Å². The van der Waals surface area contributed by atoms with Crippen LogP contribution < -0.4 is 10.6 Å². The Morgan fingerprint density at radius 2 is 1.86 bits per heavy atom. The predicted molar refractivity (Wildman–Crippen MR) is 85.5 cm³/mol. The van der Waals surface area contributed by atoms with Gasteiger partial charge in [-0.05, 0) is 37.6 Å². The molecule has 0 saturated heterocycles. The second kappa shape index (κ2) is 8.00. The van der Waals surface area contributed by atoms with Gasteiger partial charge in [0.25, 0.3) is 0 Å². The van der Waals surface area contributed by atoms with Gasteiger partial charge in [0.1, 0.15) is 0 Å². The number of nitrogens with zero attached hydrogens (tertiary/aromatic N) is 1. The van der Waals surface area contributed by atoms with Crippen molar-refractivity contribution in [1.82, 2.24) is 10.2 Å². The summed E-state index contributed by atoms with van der Waals surface area (Å²) in [6, 6.07) is 8.06. The van der Waals surface area contributed by atoms with Crippen LogP contribution in [-0.2, 0) is 16.1 Å². The minimum absolute atomic E-state index is 0. The molecule has 0 heterocycles. The number of anilines is 1. The maximum absolute atomic E-state index is 11.6. The molecule has 0 spiro atoms.